The molecule has 3 aromatic rings. The topological polar surface area (TPSA) is 78.9 Å². The molecule has 8 nitrogen and oxygen atoms in total. The van der Waals surface area contributed by atoms with Gasteiger partial charge in [-0.25, -0.2) is 0 Å². The van der Waals surface area contributed by atoms with Crippen LogP contribution >= 0.6 is 0 Å². The van der Waals surface area contributed by atoms with Gasteiger partial charge < -0.3 is 5.11 Å². The third-order valence-electron chi connectivity index (χ3n) is 5.19. The second-order valence-corrected chi connectivity index (χ2v) is 6.98. The van der Waals surface area contributed by atoms with Crippen molar-refractivity contribution in [2.45, 2.75) is 13.5 Å². The molecule has 8 heteroatoms. The van der Waals surface area contributed by atoms with Crippen LogP contribution in [0.5, 0.6) is 0 Å². The van der Waals surface area contributed by atoms with Crippen LogP contribution in [0.3, 0.4) is 0 Å². The molecule has 138 valence electrons. The molecule has 0 saturated carbocycles. The minimum atomic E-state index is -0.0484. The number of benzene rings is 1. The fraction of sp³-hybridized carbons (Fsp3) is 0.500. The standard InChI is InChI=1S/C18H24N6O2/c1-13-3-4-15-14(11-13)17(26)21(2)18-20-19-16(24(15)18)12-23-7-5-22(6-8-23)9-10-25/h3-4,11,25H,5-10,12H2,1-2H3. The number of hydrogen-bond donors (Lipinski definition) is 1. The molecule has 1 fully saturated rings. The van der Waals surface area contributed by atoms with E-state index in [0.29, 0.717) is 17.7 Å². The first-order chi connectivity index (χ1) is 12.6. The van der Waals surface area contributed by atoms with E-state index in [9.17, 15) is 4.79 Å². The molecule has 3 heterocycles. The van der Waals surface area contributed by atoms with Crippen molar-refractivity contribution in [3.8, 4) is 0 Å². The second kappa shape index (κ2) is 6.79. The minimum Gasteiger partial charge on any atom is -0.395 e. The van der Waals surface area contributed by atoms with E-state index in [-0.39, 0.29) is 12.2 Å². The van der Waals surface area contributed by atoms with Gasteiger partial charge in [0.25, 0.3) is 5.56 Å². The van der Waals surface area contributed by atoms with Crippen molar-refractivity contribution in [3.05, 3.63) is 39.9 Å². The Morgan fingerprint density at radius 3 is 2.58 bits per heavy atom. The number of rotatable bonds is 4. The van der Waals surface area contributed by atoms with E-state index in [4.69, 9.17) is 5.11 Å². The number of aromatic nitrogens is 4. The van der Waals surface area contributed by atoms with Crippen LogP contribution in [0.2, 0.25) is 0 Å². The molecule has 4 rings (SSSR count). The van der Waals surface area contributed by atoms with Gasteiger partial charge in [0.1, 0.15) is 0 Å². The van der Waals surface area contributed by atoms with Gasteiger partial charge in [-0.2, -0.15) is 0 Å². The van der Waals surface area contributed by atoms with Crippen molar-refractivity contribution in [2.75, 3.05) is 39.3 Å². The van der Waals surface area contributed by atoms with E-state index in [1.807, 2.05) is 29.5 Å². The molecule has 1 aliphatic rings. The summed E-state index contributed by atoms with van der Waals surface area (Å²) < 4.78 is 3.56. The third-order valence-corrected chi connectivity index (χ3v) is 5.19. The fourth-order valence-corrected chi connectivity index (χ4v) is 3.67. The van der Waals surface area contributed by atoms with E-state index in [0.717, 1.165) is 49.6 Å². The highest BCUT2D eigenvalue weighted by Gasteiger charge is 2.20. The van der Waals surface area contributed by atoms with E-state index in [1.165, 1.54) is 0 Å². The molecule has 0 amide bonds. The van der Waals surface area contributed by atoms with Crippen molar-refractivity contribution in [2.24, 2.45) is 7.05 Å². The van der Waals surface area contributed by atoms with E-state index < -0.39 is 0 Å². The number of aliphatic hydroxyl groups is 1. The van der Waals surface area contributed by atoms with E-state index >= 15 is 0 Å². The van der Waals surface area contributed by atoms with Crippen LogP contribution in [0.4, 0.5) is 0 Å². The quantitative estimate of drug-likeness (QED) is 0.709. The Labute approximate surface area is 151 Å². The molecule has 1 aliphatic heterocycles. The molecule has 0 atom stereocenters. The Morgan fingerprint density at radius 1 is 1.12 bits per heavy atom. The maximum Gasteiger partial charge on any atom is 0.262 e. The molecule has 0 aliphatic carbocycles. The van der Waals surface area contributed by atoms with E-state index in [2.05, 4.69) is 20.0 Å². The van der Waals surface area contributed by atoms with Crippen LogP contribution in [0.25, 0.3) is 16.7 Å². The normalized spacial score (nSPS) is 16.7. The van der Waals surface area contributed by atoms with Crippen molar-refractivity contribution in [1.82, 2.24) is 29.0 Å². The zero-order chi connectivity index (χ0) is 18.3. The summed E-state index contributed by atoms with van der Waals surface area (Å²) in [6.07, 6.45) is 0. The van der Waals surface area contributed by atoms with Crippen LogP contribution in [0, 0.1) is 6.92 Å². The third kappa shape index (κ3) is 2.90. The first-order valence-electron chi connectivity index (χ1n) is 8.97. The number of aryl methyl sites for hydroxylation is 2. The minimum absolute atomic E-state index is 0.0484. The summed E-state index contributed by atoms with van der Waals surface area (Å²) >= 11 is 0. The molecule has 0 bridgehead atoms. The van der Waals surface area contributed by atoms with Crippen molar-refractivity contribution in [1.29, 1.82) is 0 Å². The summed E-state index contributed by atoms with van der Waals surface area (Å²) in [5.41, 5.74) is 1.86. The molecule has 1 saturated heterocycles. The Morgan fingerprint density at radius 2 is 1.85 bits per heavy atom. The lowest BCUT2D eigenvalue weighted by atomic mass is 10.1. The van der Waals surface area contributed by atoms with Crippen LogP contribution in [-0.4, -0.2) is 73.4 Å². The maximum atomic E-state index is 12.6. The number of β-amino-alcohol motifs (C(OH)–C–C–N with tert-alkyl or cyclic N) is 1. The molecular weight excluding hydrogens is 332 g/mol. The molecule has 0 unspecified atom stereocenters. The van der Waals surface area contributed by atoms with Crippen LogP contribution < -0.4 is 5.56 Å². The van der Waals surface area contributed by atoms with Crippen molar-refractivity contribution < 1.29 is 5.11 Å². The number of hydrogen-bond acceptors (Lipinski definition) is 6. The Bertz CT molecular complexity index is 1000. The number of nitrogens with zero attached hydrogens (tertiary/aromatic N) is 6. The number of fused-ring (bicyclic) bond motifs is 3. The van der Waals surface area contributed by atoms with Gasteiger partial charge in [0.2, 0.25) is 5.78 Å². The van der Waals surface area contributed by atoms with Gasteiger partial charge in [0.15, 0.2) is 5.82 Å². The SMILES string of the molecule is Cc1ccc2c(c1)c(=O)n(C)c1nnc(CN3CCN(CCO)CC3)n21. The molecule has 1 N–H and O–H groups in total. The van der Waals surface area contributed by atoms with Crippen molar-refractivity contribution in [3.63, 3.8) is 0 Å². The highest BCUT2D eigenvalue weighted by atomic mass is 16.3. The largest absolute Gasteiger partial charge is 0.395 e. The van der Waals surface area contributed by atoms with Gasteiger partial charge >= 0.3 is 0 Å². The zero-order valence-corrected chi connectivity index (χ0v) is 15.2. The lowest BCUT2D eigenvalue weighted by Crippen LogP contribution is -2.46. The lowest BCUT2D eigenvalue weighted by Gasteiger charge is -2.33. The Hall–Kier alpha value is -2.29. The van der Waals surface area contributed by atoms with Gasteiger partial charge in [-0.3, -0.25) is 23.6 Å². The van der Waals surface area contributed by atoms with Crippen LogP contribution in [0.15, 0.2) is 23.0 Å². The zero-order valence-electron chi connectivity index (χ0n) is 15.2. The van der Waals surface area contributed by atoms with Crippen molar-refractivity contribution >= 4 is 16.7 Å². The summed E-state index contributed by atoms with van der Waals surface area (Å²) in [4.78, 5) is 17.2. The number of piperazine rings is 1. The van der Waals surface area contributed by atoms with Gasteiger partial charge in [-0.05, 0) is 19.1 Å². The van der Waals surface area contributed by atoms with Gasteiger partial charge in [0.05, 0.1) is 24.1 Å². The maximum absolute atomic E-state index is 12.6. The summed E-state index contributed by atoms with van der Waals surface area (Å²) in [5, 5.41) is 18.4. The predicted molar refractivity (Wildman–Crippen MR) is 99.3 cm³/mol. The van der Waals surface area contributed by atoms with E-state index in [1.54, 1.807) is 11.6 Å². The molecule has 0 radical (unpaired) electrons. The molecule has 2 aromatic heterocycles. The average molecular weight is 356 g/mol. The fourth-order valence-electron chi connectivity index (χ4n) is 3.67. The van der Waals surface area contributed by atoms with Crippen LogP contribution in [0.1, 0.15) is 11.4 Å². The van der Waals surface area contributed by atoms with Crippen LogP contribution in [-0.2, 0) is 13.6 Å². The van der Waals surface area contributed by atoms with Gasteiger partial charge in [-0.1, -0.05) is 11.6 Å². The molecular formula is C18H24N6O2. The first-order valence-corrected chi connectivity index (χ1v) is 8.97. The van der Waals surface area contributed by atoms with Gasteiger partial charge in [-0.15, -0.1) is 10.2 Å². The number of aliphatic hydroxyl groups excluding tert-OH is 1. The summed E-state index contributed by atoms with van der Waals surface area (Å²) in [5.74, 6) is 1.42. The highest BCUT2D eigenvalue weighted by molar-refractivity contribution is 5.81. The smallest absolute Gasteiger partial charge is 0.262 e. The van der Waals surface area contributed by atoms with Gasteiger partial charge in [0, 0.05) is 39.8 Å². The lowest BCUT2D eigenvalue weighted by molar-refractivity contribution is 0.106. The summed E-state index contributed by atoms with van der Waals surface area (Å²) in [6, 6.07) is 5.91. The highest BCUT2D eigenvalue weighted by Crippen LogP contribution is 2.17. The molecule has 26 heavy (non-hydrogen) atoms. The Kier molecular flexibility index (Phi) is 4.47. The monoisotopic (exact) mass is 356 g/mol. The average Bonchev–Trinajstić information content (AvgIpc) is 3.05. The summed E-state index contributed by atoms with van der Waals surface area (Å²) in [7, 11) is 1.74. The summed E-state index contributed by atoms with van der Waals surface area (Å²) in [6.45, 7) is 7.35. The first kappa shape index (κ1) is 17.1. The molecule has 0 spiro atoms. The second-order valence-electron chi connectivity index (χ2n) is 6.98. The predicted octanol–water partition coefficient (Wildman–Crippen LogP) is -0.000480. The Balaban J connectivity index is 1.71. The molecule has 1 aromatic carbocycles.